The molecule has 0 aliphatic rings. The van der Waals surface area contributed by atoms with E-state index in [0.717, 1.165) is 36.1 Å². The topological polar surface area (TPSA) is 71.2 Å². The maximum absolute atomic E-state index is 9.75. The lowest BCUT2D eigenvalue weighted by atomic mass is 10.1. The molecule has 19 heavy (non-hydrogen) atoms. The summed E-state index contributed by atoms with van der Waals surface area (Å²) >= 11 is 0. The first kappa shape index (κ1) is 13.5. The third kappa shape index (κ3) is 3.12. The van der Waals surface area contributed by atoms with Gasteiger partial charge in [0.15, 0.2) is 0 Å². The number of benzene rings is 1. The Balaban J connectivity index is 2.18. The zero-order chi connectivity index (χ0) is 13.8. The molecule has 1 heterocycles. The van der Waals surface area contributed by atoms with Gasteiger partial charge in [0.1, 0.15) is 5.75 Å². The molecule has 0 amide bonds. The fourth-order valence-corrected chi connectivity index (χ4v) is 1.98. The number of aromatic hydroxyl groups is 1. The van der Waals surface area contributed by atoms with Gasteiger partial charge in [-0.15, -0.1) is 0 Å². The van der Waals surface area contributed by atoms with Crippen LogP contribution in [0.2, 0.25) is 0 Å². The van der Waals surface area contributed by atoms with Crippen molar-refractivity contribution < 1.29 is 9.63 Å². The van der Waals surface area contributed by atoms with Crippen LogP contribution in [0.15, 0.2) is 16.7 Å². The first-order valence-corrected chi connectivity index (χ1v) is 6.39. The molecular formula is C14H19N3O2. The molecule has 0 saturated carbocycles. The van der Waals surface area contributed by atoms with Crippen LogP contribution in [-0.2, 0) is 6.42 Å². The van der Waals surface area contributed by atoms with Crippen LogP contribution in [-0.4, -0.2) is 28.8 Å². The molecule has 0 spiro atoms. The normalized spacial score (nSPS) is 10.9. The molecular weight excluding hydrogens is 242 g/mol. The van der Waals surface area contributed by atoms with Crippen LogP contribution in [0.4, 0.5) is 0 Å². The summed E-state index contributed by atoms with van der Waals surface area (Å²) in [5.41, 5.74) is 2.50. The Morgan fingerprint density at radius 2 is 1.95 bits per heavy atom. The summed E-state index contributed by atoms with van der Waals surface area (Å²) in [6.45, 7) is 4.65. The molecule has 0 saturated heterocycles. The standard InChI is InChI=1S/C14H19N3O2/c1-9-7-11(8-10(2)13(9)18)14-16-12(19-17-14)5-4-6-15-3/h7-8,15,18H,4-6H2,1-3H3. The van der Waals surface area contributed by atoms with Crippen LogP contribution in [0.25, 0.3) is 11.4 Å². The fraction of sp³-hybridized carbons (Fsp3) is 0.429. The predicted octanol–water partition coefficient (Wildman–Crippen LogP) is 2.21. The summed E-state index contributed by atoms with van der Waals surface area (Å²) < 4.78 is 5.22. The Labute approximate surface area is 112 Å². The minimum Gasteiger partial charge on any atom is -0.507 e. The van der Waals surface area contributed by atoms with Gasteiger partial charge in [-0.2, -0.15) is 4.98 Å². The summed E-state index contributed by atoms with van der Waals surface area (Å²) in [5, 5.41) is 16.8. The monoisotopic (exact) mass is 261 g/mol. The average molecular weight is 261 g/mol. The molecule has 0 bridgehead atoms. The number of aromatic nitrogens is 2. The van der Waals surface area contributed by atoms with Gasteiger partial charge in [-0.1, -0.05) is 5.16 Å². The van der Waals surface area contributed by atoms with Crippen LogP contribution >= 0.6 is 0 Å². The molecule has 5 nitrogen and oxygen atoms in total. The Morgan fingerprint density at radius 3 is 2.58 bits per heavy atom. The van der Waals surface area contributed by atoms with Crippen molar-refractivity contribution in [1.82, 2.24) is 15.5 Å². The molecule has 2 aromatic rings. The van der Waals surface area contributed by atoms with Crippen molar-refractivity contribution in [1.29, 1.82) is 0 Å². The molecule has 0 unspecified atom stereocenters. The molecule has 1 aromatic heterocycles. The summed E-state index contributed by atoms with van der Waals surface area (Å²) in [7, 11) is 1.92. The molecule has 0 fully saturated rings. The van der Waals surface area contributed by atoms with Crippen molar-refractivity contribution in [2.24, 2.45) is 0 Å². The van der Waals surface area contributed by atoms with Crippen LogP contribution in [0.1, 0.15) is 23.4 Å². The number of aryl methyl sites for hydroxylation is 3. The van der Waals surface area contributed by atoms with Crippen molar-refractivity contribution in [3.63, 3.8) is 0 Å². The Kier molecular flexibility index (Phi) is 4.16. The quantitative estimate of drug-likeness (QED) is 0.807. The minimum atomic E-state index is 0.321. The lowest BCUT2D eigenvalue weighted by molar-refractivity contribution is 0.375. The number of phenolic OH excluding ortho intramolecular Hbond substituents is 1. The molecule has 0 radical (unpaired) electrons. The molecule has 2 rings (SSSR count). The van der Waals surface area contributed by atoms with Crippen molar-refractivity contribution in [2.75, 3.05) is 13.6 Å². The molecule has 2 N–H and O–H groups in total. The third-order valence-corrected chi connectivity index (χ3v) is 3.03. The summed E-state index contributed by atoms with van der Waals surface area (Å²) in [6, 6.07) is 3.73. The van der Waals surface area contributed by atoms with E-state index in [1.165, 1.54) is 0 Å². The van der Waals surface area contributed by atoms with Gasteiger partial charge in [0, 0.05) is 12.0 Å². The number of hydrogen-bond donors (Lipinski definition) is 2. The van der Waals surface area contributed by atoms with Crippen molar-refractivity contribution in [2.45, 2.75) is 26.7 Å². The zero-order valence-corrected chi connectivity index (χ0v) is 11.5. The van der Waals surface area contributed by atoms with E-state index in [1.54, 1.807) is 0 Å². The van der Waals surface area contributed by atoms with Gasteiger partial charge in [0.05, 0.1) is 0 Å². The van der Waals surface area contributed by atoms with Gasteiger partial charge in [0.2, 0.25) is 11.7 Å². The van der Waals surface area contributed by atoms with Crippen molar-refractivity contribution in [3.8, 4) is 17.1 Å². The van der Waals surface area contributed by atoms with Gasteiger partial charge in [-0.05, 0) is 57.1 Å². The number of nitrogens with zero attached hydrogens (tertiary/aromatic N) is 2. The van der Waals surface area contributed by atoms with Crippen molar-refractivity contribution >= 4 is 0 Å². The third-order valence-electron chi connectivity index (χ3n) is 3.03. The summed E-state index contributed by atoms with van der Waals surface area (Å²) in [4.78, 5) is 4.38. The molecule has 0 atom stereocenters. The van der Waals surface area contributed by atoms with Crippen LogP contribution < -0.4 is 5.32 Å². The van der Waals surface area contributed by atoms with Crippen LogP contribution in [0.5, 0.6) is 5.75 Å². The second kappa shape index (κ2) is 5.84. The second-order valence-electron chi connectivity index (χ2n) is 4.68. The van der Waals surface area contributed by atoms with E-state index in [1.807, 2.05) is 33.0 Å². The van der Waals surface area contributed by atoms with Crippen LogP contribution in [0.3, 0.4) is 0 Å². The Hall–Kier alpha value is -1.88. The van der Waals surface area contributed by atoms with Gasteiger partial charge >= 0.3 is 0 Å². The summed E-state index contributed by atoms with van der Waals surface area (Å²) in [5.74, 6) is 1.54. The molecule has 0 aliphatic heterocycles. The van der Waals surface area contributed by atoms with E-state index in [2.05, 4.69) is 15.5 Å². The molecule has 102 valence electrons. The highest BCUT2D eigenvalue weighted by molar-refractivity contribution is 5.60. The number of hydrogen-bond acceptors (Lipinski definition) is 5. The van der Waals surface area contributed by atoms with Gasteiger partial charge in [0.25, 0.3) is 0 Å². The minimum absolute atomic E-state index is 0.321. The highest BCUT2D eigenvalue weighted by Gasteiger charge is 2.11. The fourth-order valence-electron chi connectivity index (χ4n) is 1.98. The maximum Gasteiger partial charge on any atom is 0.227 e. The van der Waals surface area contributed by atoms with Gasteiger partial charge < -0.3 is 14.9 Å². The van der Waals surface area contributed by atoms with E-state index in [9.17, 15) is 5.11 Å². The maximum atomic E-state index is 9.75. The SMILES string of the molecule is CNCCCc1nc(-c2cc(C)c(O)c(C)c2)no1. The van der Waals surface area contributed by atoms with Gasteiger partial charge in [-0.3, -0.25) is 0 Å². The van der Waals surface area contributed by atoms with E-state index in [0.29, 0.717) is 17.5 Å². The van der Waals surface area contributed by atoms with Gasteiger partial charge in [-0.25, -0.2) is 0 Å². The summed E-state index contributed by atoms with van der Waals surface area (Å²) in [6.07, 6.45) is 1.73. The largest absolute Gasteiger partial charge is 0.507 e. The first-order chi connectivity index (χ1) is 9.11. The lowest BCUT2D eigenvalue weighted by Crippen LogP contribution is -2.08. The number of phenols is 1. The lowest BCUT2D eigenvalue weighted by Gasteiger charge is -2.04. The Bertz CT molecular complexity index is 541. The van der Waals surface area contributed by atoms with E-state index >= 15 is 0 Å². The first-order valence-electron chi connectivity index (χ1n) is 6.39. The highest BCUT2D eigenvalue weighted by Crippen LogP contribution is 2.27. The molecule has 5 heteroatoms. The number of rotatable bonds is 5. The molecule has 0 aliphatic carbocycles. The smallest absolute Gasteiger partial charge is 0.227 e. The van der Waals surface area contributed by atoms with Crippen molar-refractivity contribution in [3.05, 3.63) is 29.2 Å². The van der Waals surface area contributed by atoms with E-state index in [4.69, 9.17) is 4.52 Å². The average Bonchev–Trinajstić information content (AvgIpc) is 2.84. The van der Waals surface area contributed by atoms with Crippen LogP contribution in [0, 0.1) is 13.8 Å². The Morgan fingerprint density at radius 1 is 1.26 bits per heavy atom. The van der Waals surface area contributed by atoms with E-state index in [-0.39, 0.29) is 0 Å². The number of nitrogens with one attached hydrogen (secondary N) is 1. The zero-order valence-electron chi connectivity index (χ0n) is 11.5. The highest BCUT2D eigenvalue weighted by atomic mass is 16.5. The predicted molar refractivity (Wildman–Crippen MR) is 73.1 cm³/mol. The second-order valence-corrected chi connectivity index (χ2v) is 4.68. The van der Waals surface area contributed by atoms with E-state index < -0.39 is 0 Å². The molecule has 1 aromatic carbocycles.